The van der Waals surface area contributed by atoms with Crippen LogP contribution in [-0.4, -0.2) is 21.6 Å². The van der Waals surface area contributed by atoms with Crippen LogP contribution in [-0.2, 0) is 13.3 Å². The first-order chi connectivity index (χ1) is 7.39. The van der Waals surface area contributed by atoms with Crippen molar-refractivity contribution in [1.82, 2.24) is 4.98 Å². The van der Waals surface area contributed by atoms with Gasteiger partial charge >= 0.3 is 6.36 Å². The number of aromatic hydroxyl groups is 1. The van der Waals surface area contributed by atoms with Crippen molar-refractivity contribution in [2.75, 3.05) is 0 Å². The van der Waals surface area contributed by atoms with E-state index in [0.717, 1.165) is 0 Å². The Morgan fingerprint density at radius 1 is 1.31 bits per heavy atom. The highest BCUT2D eigenvalue weighted by molar-refractivity contribution is 5.42. The summed E-state index contributed by atoms with van der Waals surface area (Å²) in [6.07, 6.45) is -4.38. The van der Waals surface area contributed by atoms with Crippen molar-refractivity contribution in [3.63, 3.8) is 0 Å². The highest BCUT2D eigenvalue weighted by Crippen LogP contribution is 2.31. The first-order valence-electron chi connectivity index (χ1n) is 4.01. The topological polar surface area (TPSA) is 62.6 Å². The SMILES string of the molecule is OCc1c(OC(F)(F)F)ncc(O)c1CF. The van der Waals surface area contributed by atoms with Crippen molar-refractivity contribution < 1.29 is 32.5 Å². The molecule has 0 spiro atoms. The van der Waals surface area contributed by atoms with Crippen LogP contribution < -0.4 is 4.74 Å². The summed E-state index contributed by atoms with van der Waals surface area (Å²) in [4.78, 5) is 3.12. The van der Waals surface area contributed by atoms with E-state index in [4.69, 9.17) is 10.2 Å². The zero-order valence-electron chi connectivity index (χ0n) is 7.75. The Morgan fingerprint density at radius 3 is 2.38 bits per heavy atom. The molecular weight excluding hydrogens is 234 g/mol. The number of ether oxygens (including phenoxy) is 1. The van der Waals surface area contributed by atoms with E-state index < -0.39 is 42.4 Å². The lowest BCUT2D eigenvalue weighted by Crippen LogP contribution is -2.19. The average Bonchev–Trinajstić information content (AvgIpc) is 2.18. The van der Waals surface area contributed by atoms with Gasteiger partial charge in [-0.05, 0) is 0 Å². The number of aliphatic hydroxyl groups is 1. The van der Waals surface area contributed by atoms with Crippen LogP contribution in [0, 0.1) is 0 Å². The Hall–Kier alpha value is -1.57. The van der Waals surface area contributed by atoms with Gasteiger partial charge < -0.3 is 14.9 Å². The molecule has 0 aliphatic heterocycles. The number of aromatic nitrogens is 1. The predicted octanol–water partition coefficient (Wildman–Crippen LogP) is 1.65. The average molecular weight is 241 g/mol. The fourth-order valence-corrected chi connectivity index (χ4v) is 1.07. The lowest BCUT2D eigenvalue weighted by Gasteiger charge is -2.13. The van der Waals surface area contributed by atoms with Gasteiger partial charge in [0.05, 0.1) is 12.8 Å². The minimum absolute atomic E-state index is 0.475. The second-order valence-corrected chi connectivity index (χ2v) is 2.75. The molecule has 1 aromatic rings. The molecule has 8 heteroatoms. The lowest BCUT2D eigenvalue weighted by molar-refractivity contribution is -0.276. The van der Waals surface area contributed by atoms with Gasteiger partial charge in [0, 0.05) is 11.1 Å². The largest absolute Gasteiger partial charge is 0.574 e. The van der Waals surface area contributed by atoms with E-state index in [1.54, 1.807) is 0 Å². The van der Waals surface area contributed by atoms with E-state index in [9.17, 15) is 17.6 Å². The molecule has 0 fully saturated rings. The summed E-state index contributed by atoms with van der Waals surface area (Å²) in [6.45, 7) is -2.16. The van der Waals surface area contributed by atoms with Crippen LogP contribution >= 0.6 is 0 Å². The Bertz CT molecular complexity index is 380. The van der Waals surface area contributed by atoms with E-state index in [0.29, 0.717) is 6.20 Å². The van der Waals surface area contributed by atoms with E-state index in [-0.39, 0.29) is 0 Å². The minimum Gasteiger partial charge on any atom is -0.506 e. The van der Waals surface area contributed by atoms with Crippen molar-refractivity contribution in [2.45, 2.75) is 19.6 Å². The fourth-order valence-electron chi connectivity index (χ4n) is 1.07. The van der Waals surface area contributed by atoms with Crippen LogP contribution in [0.1, 0.15) is 11.1 Å². The van der Waals surface area contributed by atoms with Crippen LogP contribution in [0.5, 0.6) is 11.6 Å². The van der Waals surface area contributed by atoms with E-state index in [2.05, 4.69) is 9.72 Å². The van der Waals surface area contributed by atoms with E-state index in [1.807, 2.05) is 0 Å². The van der Waals surface area contributed by atoms with Crippen LogP contribution in [0.15, 0.2) is 6.20 Å². The van der Waals surface area contributed by atoms with Crippen LogP contribution in [0.4, 0.5) is 17.6 Å². The van der Waals surface area contributed by atoms with Crippen LogP contribution in [0.25, 0.3) is 0 Å². The number of aliphatic hydroxyl groups excluding tert-OH is 1. The molecule has 16 heavy (non-hydrogen) atoms. The summed E-state index contributed by atoms with van der Waals surface area (Å²) in [5, 5.41) is 17.9. The highest BCUT2D eigenvalue weighted by atomic mass is 19.4. The molecule has 1 aromatic heterocycles. The fraction of sp³-hybridized carbons (Fsp3) is 0.375. The second kappa shape index (κ2) is 4.52. The number of hydrogen-bond acceptors (Lipinski definition) is 4. The molecule has 0 saturated heterocycles. The van der Waals surface area contributed by atoms with E-state index in [1.165, 1.54) is 0 Å². The summed E-state index contributed by atoms with van der Waals surface area (Å²) in [5.41, 5.74) is -1.00. The van der Waals surface area contributed by atoms with Crippen molar-refractivity contribution in [2.24, 2.45) is 0 Å². The molecule has 0 aliphatic rings. The van der Waals surface area contributed by atoms with Gasteiger partial charge in [-0.3, -0.25) is 0 Å². The van der Waals surface area contributed by atoms with Crippen molar-refractivity contribution in [1.29, 1.82) is 0 Å². The minimum atomic E-state index is -5.00. The molecule has 0 radical (unpaired) electrons. The quantitative estimate of drug-likeness (QED) is 0.790. The summed E-state index contributed by atoms with van der Waals surface area (Å²) >= 11 is 0. The first kappa shape index (κ1) is 12.5. The summed E-state index contributed by atoms with van der Waals surface area (Å²) in [5.74, 6) is -1.61. The molecule has 2 N–H and O–H groups in total. The van der Waals surface area contributed by atoms with Gasteiger partial charge in [-0.25, -0.2) is 9.37 Å². The molecule has 1 heterocycles. The summed E-state index contributed by atoms with van der Waals surface area (Å²) < 4.78 is 51.6. The normalized spacial score (nSPS) is 11.6. The van der Waals surface area contributed by atoms with Gasteiger partial charge in [0.15, 0.2) is 0 Å². The maximum atomic E-state index is 12.4. The zero-order chi connectivity index (χ0) is 12.3. The molecule has 4 nitrogen and oxygen atoms in total. The van der Waals surface area contributed by atoms with Gasteiger partial charge in [0.1, 0.15) is 12.4 Å². The summed E-state index contributed by atoms with van der Waals surface area (Å²) in [6, 6.07) is 0. The third kappa shape index (κ3) is 2.72. The Labute approximate surface area is 87.1 Å². The monoisotopic (exact) mass is 241 g/mol. The van der Waals surface area contributed by atoms with Crippen LogP contribution in [0.2, 0.25) is 0 Å². The molecule has 0 aliphatic carbocycles. The van der Waals surface area contributed by atoms with Crippen molar-refractivity contribution >= 4 is 0 Å². The number of halogens is 4. The van der Waals surface area contributed by atoms with Gasteiger partial charge in [-0.15, -0.1) is 13.2 Å². The molecule has 0 amide bonds. The molecule has 0 aromatic carbocycles. The Morgan fingerprint density at radius 2 is 1.94 bits per heavy atom. The number of pyridine rings is 1. The third-order valence-electron chi connectivity index (χ3n) is 1.74. The lowest BCUT2D eigenvalue weighted by atomic mass is 10.1. The number of alkyl halides is 4. The molecule has 0 bridgehead atoms. The third-order valence-corrected chi connectivity index (χ3v) is 1.74. The predicted molar refractivity (Wildman–Crippen MR) is 43.3 cm³/mol. The van der Waals surface area contributed by atoms with E-state index >= 15 is 0 Å². The van der Waals surface area contributed by atoms with Gasteiger partial charge in [0.2, 0.25) is 5.88 Å². The van der Waals surface area contributed by atoms with Gasteiger partial charge in [-0.1, -0.05) is 0 Å². The van der Waals surface area contributed by atoms with Crippen molar-refractivity contribution in [3.8, 4) is 11.6 Å². The molecule has 0 unspecified atom stereocenters. The second-order valence-electron chi connectivity index (χ2n) is 2.75. The maximum Gasteiger partial charge on any atom is 0.574 e. The first-order valence-corrected chi connectivity index (χ1v) is 4.01. The standard InChI is InChI=1S/C8H7F4NO3/c9-1-4-5(3-14)7(13-2-6(4)15)16-8(10,11)12/h2,14-15H,1,3H2. The molecule has 1 rings (SSSR count). The Balaban J connectivity index is 3.19. The molecule has 90 valence electrons. The zero-order valence-corrected chi connectivity index (χ0v) is 7.75. The van der Waals surface area contributed by atoms with Gasteiger partial charge in [-0.2, -0.15) is 0 Å². The smallest absolute Gasteiger partial charge is 0.506 e. The Kier molecular flexibility index (Phi) is 3.53. The summed E-state index contributed by atoms with van der Waals surface area (Å²) in [7, 11) is 0. The van der Waals surface area contributed by atoms with Crippen molar-refractivity contribution in [3.05, 3.63) is 17.3 Å². The van der Waals surface area contributed by atoms with Crippen LogP contribution in [0.3, 0.4) is 0 Å². The molecular formula is C8H7F4NO3. The number of rotatable bonds is 3. The number of hydrogen-bond donors (Lipinski definition) is 2. The maximum absolute atomic E-state index is 12.4. The number of nitrogens with zero attached hydrogens (tertiary/aromatic N) is 1. The molecule has 0 atom stereocenters. The van der Waals surface area contributed by atoms with Gasteiger partial charge in [0.25, 0.3) is 0 Å². The molecule has 0 saturated carbocycles. The highest BCUT2D eigenvalue weighted by Gasteiger charge is 2.33.